The molecule has 0 amide bonds. The van der Waals surface area contributed by atoms with Gasteiger partial charge in [-0.2, -0.15) is 0 Å². The zero-order valence-corrected chi connectivity index (χ0v) is 10.8. The van der Waals surface area contributed by atoms with Crippen LogP contribution in [0.4, 0.5) is 0 Å². The largest absolute Gasteiger partial charge is 0.479 e. The lowest BCUT2D eigenvalue weighted by molar-refractivity contribution is -0.148. The van der Waals surface area contributed by atoms with Crippen LogP contribution in [0.3, 0.4) is 0 Å². The minimum Gasteiger partial charge on any atom is -0.479 e. The lowest BCUT2D eigenvalue weighted by Crippen LogP contribution is -2.28. The maximum atomic E-state index is 11.8. The summed E-state index contributed by atoms with van der Waals surface area (Å²) in [6.45, 7) is 3.70. The predicted molar refractivity (Wildman–Crippen MR) is 65.5 cm³/mol. The van der Waals surface area contributed by atoms with Crippen LogP contribution in [0, 0.1) is 5.92 Å². The van der Waals surface area contributed by atoms with Crippen LogP contribution in [0.5, 0.6) is 0 Å². The van der Waals surface area contributed by atoms with E-state index in [1.165, 1.54) is 18.3 Å². The van der Waals surface area contributed by atoms with Crippen LogP contribution in [-0.2, 0) is 9.53 Å². The highest BCUT2D eigenvalue weighted by Gasteiger charge is 2.25. The molecule has 0 radical (unpaired) electrons. The number of aromatic nitrogens is 1. The van der Waals surface area contributed by atoms with Gasteiger partial charge in [0.1, 0.15) is 5.15 Å². The molecule has 0 aliphatic rings. The van der Waals surface area contributed by atoms with Crippen LogP contribution in [0.25, 0.3) is 0 Å². The first-order chi connectivity index (χ1) is 8.41. The number of carboxylic acid groups (broad SMARTS) is 1. The van der Waals surface area contributed by atoms with Gasteiger partial charge in [-0.1, -0.05) is 25.4 Å². The number of esters is 1. The van der Waals surface area contributed by atoms with E-state index in [2.05, 4.69) is 4.98 Å². The van der Waals surface area contributed by atoms with Gasteiger partial charge in [-0.25, -0.2) is 14.6 Å². The van der Waals surface area contributed by atoms with Crippen LogP contribution in [0.15, 0.2) is 18.3 Å². The lowest BCUT2D eigenvalue weighted by Gasteiger charge is -2.15. The number of carbonyl (C=O) groups excluding carboxylic acids is 1. The molecule has 0 fully saturated rings. The maximum absolute atomic E-state index is 11.8. The van der Waals surface area contributed by atoms with E-state index in [4.69, 9.17) is 21.4 Å². The van der Waals surface area contributed by atoms with Gasteiger partial charge < -0.3 is 9.84 Å². The van der Waals surface area contributed by atoms with E-state index < -0.39 is 18.0 Å². The van der Waals surface area contributed by atoms with Crippen molar-refractivity contribution >= 4 is 23.5 Å². The Morgan fingerprint density at radius 1 is 1.50 bits per heavy atom. The summed E-state index contributed by atoms with van der Waals surface area (Å²) in [6, 6.07) is 2.96. The molecule has 0 aromatic carbocycles. The molecule has 0 saturated heterocycles. The minimum atomic E-state index is -1.17. The number of hydrogen-bond donors (Lipinski definition) is 1. The molecule has 6 heteroatoms. The van der Waals surface area contributed by atoms with Gasteiger partial charge in [-0.3, -0.25) is 0 Å². The number of halogens is 1. The van der Waals surface area contributed by atoms with E-state index in [0.29, 0.717) is 0 Å². The van der Waals surface area contributed by atoms with Crippen molar-refractivity contribution in [2.45, 2.75) is 26.4 Å². The highest BCUT2D eigenvalue weighted by Crippen LogP contribution is 2.16. The average molecular weight is 272 g/mol. The number of rotatable bonds is 5. The Labute approximate surface area is 110 Å². The summed E-state index contributed by atoms with van der Waals surface area (Å²) < 4.78 is 4.93. The average Bonchev–Trinajstić information content (AvgIpc) is 2.27. The molecular weight excluding hydrogens is 258 g/mol. The molecule has 0 bridgehead atoms. The van der Waals surface area contributed by atoms with Gasteiger partial charge in [-0.15, -0.1) is 0 Å². The van der Waals surface area contributed by atoms with E-state index in [0.717, 1.165) is 0 Å². The summed E-state index contributed by atoms with van der Waals surface area (Å²) in [5.41, 5.74) is 0.0640. The zero-order chi connectivity index (χ0) is 13.7. The first-order valence-corrected chi connectivity index (χ1v) is 5.84. The summed E-state index contributed by atoms with van der Waals surface area (Å²) >= 11 is 5.73. The van der Waals surface area contributed by atoms with E-state index in [9.17, 15) is 9.59 Å². The van der Waals surface area contributed by atoms with Gasteiger partial charge in [0.15, 0.2) is 6.10 Å². The summed E-state index contributed by atoms with van der Waals surface area (Å²) in [5, 5.41) is 8.96. The summed E-state index contributed by atoms with van der Waals surface area (Å²) in [6.07, 6.45) is 0.509. The topological polar surface area (TPSA) is 76.5 Å². The van der Waals surface area contributed by atoms with Gasteiger partial charge >= 0.3 is 11.9 Å². The molecule has 1 heterocycles. The Balaban J connectivity index is 2.79. The molecule has 18 heavy (non-hydrogen) atoms. The summed E-state index contributed by atoms with van der Waals surface area (Å²) in [7, 11) is 0. The van der Waals surface area contributed by atoms with E-state index in [1.807, 2.05) is 13.8 Å². The SMILES string of the molecule is CC(C)C[C@@H](OC(=O)c1cccnc1Cl)C(=O)O. The van der Waals surface area contributed by atoms with E-state index >= 15 is 0 Å². The number of carboxylic acids is 1. The van der Waals surface area contributed by atoms with Crippen LogP contribution in [0.1, 0.15) is 30.6 Å². The minimum absolute atomic E-state index is 0.00353. The van der Waals surface area contributed by atoms with Crippen molar-refractivity contribution < 1.29 is 19.4 Å². The van der Waals surface area contributed by atoms with Crippen molar-refractivity contribution in [1.29, 1.82) is 0 Å². The molecule has 98 valence electrons. The number of ether oxygens (including phenoxy) is 1. The normalized spacial score (nSPS) is 12.2. The Kier molecular flexibility index (Phi) is 5.09. The van der Waals surface area contributed by atoms with Crippen molar-refractivity contribution in [1.82, 2.24) is 4.98 Å². The first kappa shape index (κ1) is 14.4. The Hall–Kier alpha value is -1.62. The molecule has 5 nitrogen and oxygen atoms in total. The van der Waals surface area contributed by atoms with Gasteiger partial charge in [0.25, 0.3) is 0 Å². The Bertz CT molecular complexity index is 447. The molecule has 0 aliphatic heterocycles. The van der Waals surface area contributed by atoms with E-state index in [1.54, 1.807) is 0 Å². The molecule has 1 aromatic heterocycles. The zero-order valence-electron chi connectivity index (χ0n) is 10.1. The van der Waals surface area contributed by atoms with Gasteiger partial charge in [0, 0.05) is 6.20 Å². The third-order valence-electron chi connectivity index (χ3n) is 2.19. The second-order valence-electron chi connectivity index (χ2n) is 4.20. The molecule has 1 atom stereocenters. The van der Waals surface area contributed by atoms with E-state index in [-0.39, 0.29) is 23.1 Å². The quantitative estimate of drug-likeness (QED) is 0.657. The van der Waals surface area contributed by atoms with Crippen molar-refractivity contribution in [3.05, 3.63) is 29.0 Å². The van der Waals surface area contributed by atoms with Gasteiger partial charge in [0.05, 0.1) is 5.56 Å². The van der Waals surface area contributed by atoms with Crippen LogP contribution in [-0.4, -0.2) is 28.1 Å². The molecule has 0 aliphatic carbocycles. The van der Waals surface area contributed by atoms with Crippen molar-refractivity contribution in [3.8, 4) is 0 Å². The Morgan fingerprint density at radius 3 is 2.67 bits per heavy atom. The van der Waals surface area contributed by atoms with Crippen molar-refractivity contribution in [2.75, 3.05) is 0 Å². The number of pyridine rings is 1. The van der Waals surface area contributed by atoms with Gasteiger partial charge in [-0.05, 0) is 24.5 Å². The summed E-state index contributed by atoms with van der Waals surface area (Å²) in [5.74, 6) is -1.85. The number of nitrogens with zero attached hydrogens (tertiary/aromatic N) is 1. The van der Waals surface area contributed by atoms with Crippen LogP contribution in [0.2, 0.25) is 5.15 Å². The highest BCUT2D eigenvalue weighted by molar-refractivity contribution is 6.32. The third-order valence-corrected chi connectivity index (χ3v) is 2.49. The van der Waals surface area contributed by atoms with Crippen LogP contribution >= 0.6 is 11.6 Å². The maximum Gasteiger partial charge on any atom is 0.345 e. The van der Waals surface area contributed by atoms with Crippen molar-refractivity contribution in [2.24, 2.45) is 5.92 Å². The fourth-order valence-corrected chi connectivity index (χ4v) is 1.55. The fourth-order valence-electron chi connectivity index (χ4n) is 1.36. The lowest BCUT2D eigenvalue weighted by atomic mass is 10.1. The second kappa shape index (κ2) is 6.35. The first-order valence-electron chi connectivity index (χ1n) is 5.46. The molecular formula is C12H14ClNO4. The molecule has 0 saturated carbocycles. The Morgan fingerprint density at radius 2 is 2.17 bits per heavy atom. The monoisotopic (exact) mass is 271 g/mol. The fraction of sp³-hybridized carbons (Fsp3) is 0.417. The molecule has 0 unspecified atom stereocenters. The second-order valence-corrected chi connectivity index (χ2v) is 4.56. The van der Waals surface area contributed by atoms with Crippen molar-refractivity contribution in [3.63, 3.8) is 0 Å². The molecule has 0 spiro atoms. The number of aliphatic carboxylic acids is 1. The smallest absolute Gasteiger partial charge is 0.345 e. The van der Waals surface area contributed by atoms with Crippen LogP contribution < -0.4 is 0 Å². The highest BCUT2D eigenvalue weighted by atomic mass is 35.5. The number of hydrogen-bond acceptors (Lipinski definition) is 4. The standard InChI is InChI=1S/C12H14ClNO4/c1-7(2)6-9(11(15)16)18-12(17)8-4-3-5-14-10(8)13/h3-5,7,9H,6H2,1-2H3,(H,15,16)/t9-/m1/s1. The molecule has 1 rings (SSSR count). The molecule has 1 N–H and O–H groups in total. The van der Waals surface area contributed by atoms with Gasteiger partial charge in [0.2, 0.25) is 0 Å². The summed E-state index contributed by atoms with van der Waals surface area (Å²) in [4.78, 5) is 26.4. The molecule has 1 aromatic rings. The predicted octanol–water partition coefficient (Wildman–Crippen LogP) is 2.39. The third kappa shape index (κ3) is 4.00. The number of carbonyl (C=O) groups is 2.